The molecule has 2 atom stereocenters. The van der Waals surface area contributed by atoms with Crippen LogP contribution in [0.25, 0.3) is 0 Å². The van der Waals surface area contributed by atoms with Gasteiger partial charge in [0.1, 0.15) is 0 Å². The minimum atomic E-state index is -3.38. The molecule has 0 radical (unpaired) electrons. The summed E-state index contributed by atoms with van der Waals surface area (Å²) in [7, 11) is -3.38. The van der Waals surface area contributed by atoms with Crippen LogP contribution in [0.2, 0.25) is 0 Å². The zero-order valence-electron chi connectivity index (χ0n) is 12.3. The molecule has 0 bridgehead atoms. The van der Waals surface area contributed by atoms with Crippen molar-refractivity contribution in [1.82, 2.24) is 4.90 Å². The molecular weight excluding hydrogens is 304 g/mol. The maximum absolute atomic E-state index is 12.3. The number of nitro benzene ring substituents is 1. The largest absolute Gasteiger partial charge is 0.302 e. The van der Waals surface area contributed by atoms with Crippen LogP contribution in [-0.4, -0.2) is 43.6 Å². The molecule has 22 heavy (non-hydrogen) atoms. The average molecular weight is 324 g/mol. The molecule has 0 spiro atoms. The van der Waals surface area contributed by atoms with Gasteiger partial charge in [-0.05, 0) is 36.8 Å². The SMILES string of the molecule is O=[N+]([O-])c1ccc(S(=O)(=O)CCN2CC3CCCC3C2)cc1. The molecule has 1 saturated carbocycles. The molecule has 3 rings (SSSR count). The Morgan fingerprint density at radius 1 is 1.14 bits per heavy atom. The fourth-order valence-corrected chi connectivity index (χ4v) is 4.94. The third kappa shape index (κ3) is 3.15. The van der Waals surface area contributed by atoms with Gasteiger partial charge in [0.25, 0.3) is 5.69 Å². The molecule has 1 saturated heterocycles. The van der Waals surface area contributed by atoms with Gasteiger partial charge in [0.05, 0.1) is 15.6 Å². The number of non-ortho nitro benzene ring substituents is 1. The fourth-order valence-electron chi connectivity index (χ4n) is 3.66. The van der Waals surface area contributed by atoms with Gasteiger partial charge in [-0.15, -0.1) is 0 Å². The van der Waals surface area contributed by atoms with E-state index in [1.165, 1.54) is 43.5 Å². The molecule has 0 aromatic heterocycles. The summed E-state index contributed by atoms with van der Waals surface area (Å²) in [5.74, 6) is 1.58. The zero-order chi connectivity index (χ0) is 15.7. The number of likely N-dealkylation sites (tertiary alicyclic amines) is 1. The number of fused-ring (bicyclic) bond motifs is 1. The lowest BCUT2D eigenvalue weighted by atomic mass is 10.0. The van der Waals surface area contributed by atoms with Gasteiger partial charge < -0.3 is 4.90 Å². The van der Waals surface area contributed by atoms with Gasteiger partial charge in [-0.2, -0.15) is 0 Å². The van der Waals surface area contributed by atoms with E-state index in [1.807, 2.05) is 0 Å². The Morgan fingerprint density at radius 3 is 2.27 bits per heavy atom. The first-order valence-corrected chi connectivity index (χ1v) is 9.30. The first-order valence-electron chi connectivity index (χ1n) is 7.65. The first-order chi connectivity index (χ1) is 10.5. The summed E-state index contributed by atoms with van der Waals surface area (Å²) in [5.41, 5.74) is -0.0914. The van der Waals surface area contributed by atoms with Crippen LogP contribution in [0, 0.1) is 22.0 Å². The van der Waals surface area contributed by atoms with E-state index in [0.29, 0.717) is 6.54 Å². The molecular formula is C15H20N2O4S. The lowest BCUT2D eigenvalue weighted by Crippen LogP contribution is -2.28. The van der Waals surface area contributed by atoms with Crippen molar-refractivity contribution in [3.63, 3.8) is 0 Å². The first kappa shape index (κ1) is 15.4. The van der Waals surface area contributed by atoms with Gasteiger partial charge in [-0.1, -0.05) is 6.42 Å². The second kappa shape index (κ2) is 5.96. The minimum Gasteiger partial charge on any atom is -0.302 e. The van der Waals surface area contributed by atoms with E-state index in [9.17, 15) is 18.5 Å². The lowest BCUT2D eigenvalue weighted by molar-refractivity contribution is -0.384. The summed E-state index contributed by atoms with van der Waals surface area (Å²) in [6.07, 6.45) is 3.86. The summed E-state index contributed by atoms with van der Waals surface area (Å²) < 4.78 is 24.6. The standard InChI is InChI=1S/C15H20N2O4S/c18-17(19)14-4-6-15(7-5-14)22(20,21)9-8-16-10-12-2-1-3-13(12)11-16/h4-7,12-13H,1-3,8-11H2. The van der Waals surface area contributed by atoms with Gasteiger partial charge in [0.15, 0.2) is 9.84 Å². The molecule has 0 amide bonds. The highest BCUT2D eigenvalue weighted by Gasteiger charge is 2.36. The highest BCUT2D eigenvalue weighted by atomic mass is 32.2. The number of sulfone groups is 1. The van der Waals surface area contributed by atoms with Crippen molar-refractivity contribution < 1.29 is 13.3 Å². The molecule has 1 aromatic rings. The quantitative estimate of drug-likeness (QED) is 0.612. The van der Waals surface area contributed by atoms with Crippen molar-refractivity contribution >= 4 is 15.5 Å². The highest BCUT2D eigenvalue weighted by molar-refractivity contribution is 7.91. The van der Waals surface area contributed by atoms with Crippen LogP contribution in [0.5, 0.6) is 0 Å². The number of hydrogen-bond acceptors (Lipinski definition) is 5. The van der Waals surface area contributed by atoms with Crippen LogP contribution >= 0.6 is 0 Å². The normalized spacial score (nSPS) is 25.3. The summed E-state index contributed by atoms with van der Waals surface area (Å²) in [6.45, 7) is 2.58. The van der Waals surface area contributed by atoms with Gasteiger partial charge in [0.2, 0.25) is 0 Å². The second-order valence-electron chi connectivity index (χ2n) is 6.28. The number of rotatable bonds is 5. The van der Waals surface area contributed by atoms with Crippen molar-refractivity contribution in [2.24, 2.45) is 11.8 Å². The topological polar surface area (TPSA) is 80.5 Å². The summed E-state index contributed by atoms with van der Waals surface area (Å²) in [6, 6.07) is 5.14. The molecule has 0 N–H and O–H groups in total. The van der Waals surface area contributed by atoms with Gasteiger partial charge >= 0.3 is 0 Å². The number of benzene rings is 1. The van der Waals surface area contributed by atoms with Crippen LogP contribution in [-0.2, 0) is 9.84 Å². The third-order valence-corrected chi connectivity index (χ3v) is 6.60. The number of nitrogens with zero attached hydrogens (tertiary/aromatic N) is 2. The van der Waals surface area contributed by atoms with E-state index in [2.05, 4.69) is 4.90 Å². The van der Waals surface area contributed by atoms with E-state index in [1.54, 1.807) is 0 Å². The van der Waals surface area contributed by atoms with Crippen molar-refractivity contribution in [3.8, 4) is 0 Å². The van der Waals surface area contributed by atoms with Crippen molar-refractivity contribution in [1.29, 1.82) is 0 Å². The van der Waals surface area contributed by atoms with Crippen LogP contribution in [0.1, 0.15) is 19.3 Å². The molecule has 7 heteroatoms. The predicted octanol–water partition coefficient (Wildman–Crippen LogP) is 2.10. The molecule has 2 fully saturated rings. The van der Waals surface area contributed by atoms with Gasteiger partial charge in [-0.3, -0.25) is 10.1 Å². The summed E-state index contributed by atoms with van der Waals surface area (Å²) in [4.78, 5) is 12.5. The molecule has 1 aliphatic heterocycles. The average Bonchev–Trinajstić information content (AvgIpc) is 3.06. The number of hydrogen-bond donors (Lipinski definition) is 0. The Morgan fingerprint density at radius 2 is 1.73 bits per heavy atom. The van der Waals surface area contributed by atoms with Crippen LogP contribution in [0.15, 0.2) is 29.2 Å². The molecule has 1 aliphatic carbocycles. The maximum atomic E-state index is 12.3. The molecule has 1 aromatic carbocycles. The molecule has 120 valence electrons. The van der Waals surface area contributed by atoms with Crippen molar-refractivity contribution in [3.05, 3.63) is 34.4 Å². The smallest absolute Gasteiger partial charge is 0.269 e. The fraction of sp³-hybridized carbons (Fsp3) is 0.600. The Labute approximate surface area is 130 Å². The van der Waals surface area contributed by atoms with Gasteiger partial charge in [0, 0.05) is 31.8 Å². The number of nitro groups is 1. The third-order valence-electron chi connectivity index (χ3n) is 4.88. The van der Waals surface area contributed by atoms with Crippen molar-refractivity contribution in [2.45, 2.75) is 24.2 Å². The van der Waals surface area contributed by atoms with Gasteiger partial charge in [-0.25, -0.2) is 8.42 Å². The van der Waals surface area contributed by atoms with E-state index in [0.717, 1.165) is 24.9 Å². The summed E-state index contributed by atoms with van der Waals surface area (Å²) >= 11 is 0. The predicted molar refractivity (Wildman–Crippen MR) is 82.4 cm³/mol. The minimum absolute atomic E-state index is 0.0737. The highest BCUT2D eigenvalue weighted by Crippen LogP contribution is 2.37. The lowest BCUT2D eigenvalue weighted by Gasteiger charge is -2.16. The molecule has 1 heterocycles. The van der Waals surface area contributed by atoms with E-state index >= 15 is 0 Å². The Hall–Kier alpha value is -1.47. The summed E-state index contributed by atoms with van der Waals surface area (Å²) in [5, 5.41) is 10.6. The monoisotopic (exact) mass is 324 g/mol. The van der Waals surface area contributed by atoms with Crippen LogP contribution < -0.4 is 0 Å². The molecule has 2 unspecified atom stereocenters. The van der Waals surface area contributed by atoms with E-state index in [4.69, 9.17) is 0 Å². The Bertz CT molecular complexity index is 645. The van der Waals surface area contributed by atoms with Crippen molar-refractivity contribution in [2.75, 3.05) is 25.4 Å². The maximum Gasteiger partial charge on any atom is 0.269 e. The van der Waals surface area contributed by atoms with Crippen LogP contribution in [0.3, 0.4) is 0 Å². The molecule has 2 aliphatic rings. The van der Waals surface area contributed by atoms with E-state index < -0.39 is 14.8 Å². The second-order valence-corrected chi connectivity index (χ2v) is 8.39. The molecule has 6 nitrogen and oxygen atoms in total. The Balaban J connectivity index is 1.60. The zero-order valence-corrected chi connectivity index (χ0v) is 13.2. The van der Waals surface area contributed by atoms with E-state index in [-0.39, 0.29) is 16.3 Å². The van der Waals surface area contributed by atoms with Crippen LogP contribution in [0.4, 0.5) is 5.69 Å². The Kier molecular flexibility index (Phi) is 4.18.